The van der Waals surface area contributed by atoms with E-state index in [4.69, 9.17) is 5.11 Å². The van der Waals surface area contributed by atoms with Crippen LogP contribution in [0.2, 0.25) is 0 Å². The van der Waals surface area contributed by atoms with Gasteiger partial charge in [-0.3, -0.25) is 9.69 Å². The van der Waals surface area contributed by atoms with Gasteiger partial charge in [0.15, 0.2) is 5.65 Å². The highest BCUT2D eigenvalue weighted by atomic mass is 16.3. The Hall–Kier alpha value is -2.03. The Labute approximate surface area is 146 Å². The number of aliphatic hydroxyl groups excluding tert-OH is 1. The fourth-order valence-electron chi connectivity index (χ4n) is 3.79. The van der Waals surface area contributed by atoms with Gasteiger partial charge in [0, 0.05) is 64.3 Å². The van der Waals surface area contributed by atoms with Crippen molar-refractivity contribution < 1.29 is 9.90 Å². The van der Waals surface area contributed by atoms with E-state index in [1.54, 1.807) is 16.9 Å². The third kappa shape index (κ3) is 3.12. The molecule has 2 aromatic rings. The standard InChI is InChI=1S/C17H24N6O2/c1-20-3-4-21-5-6-22(12-14(21)11-20)17(25)15-9-19-23-10-13(2-7-24)8-18-16(15)23/h8-10,14,24H,2-7,11-12H2,1H3/t14-/m0/s1. The smallest absolute Gasteiger partial charge is 0.259 e. The van der Waals surface area contributed by atoms with Gasteiger partial charge in [0.1, 0.15) is 5.56 Å². The maximum Gasteiger partial charge on any atom is 0.259 e. The van der Waals surface area contributed by atoms with Crippen molar-refractivity contribution in [1.82, 2.24) is 29.3 Å². The van der Waals surface area contributed by atoms with Crippen LogP contribution in [0.3, 0.4) is 0 Å². The monoisotopic (exact) mass is 344 g/mol. The number of hydrogen-bond acceptors (Lipinski definition) is 6. The van der Waals surface area contributed by atoms with E-state index in [0.717, 1.165) is 44.8 Å². The number of rotatable bonds is 3. The first kappa shape index (κ1) is 16.4. The van der Waals surface area contributed by atoms with Crippen LogP contribution in [0.15, 0.2) is 18.6 Å². The summed E-state index contributed by atoms with van der Waals surface area (Å²) in [5.74, 6) is 0.00489. The number of nitrogens with zero attached hydrogens (tertiary/aromatic N) is 6. The highest BCUT2D eigenvalue weighted by Crippen LogP contribution is 2.18. The molecule has 2 fully saturated rings. The molecule has 0 spiro atoms. The predicted octanol–water partition coefficient (Wildman–Crippen LogP) is -0.664. The van der Waals surface area contributed by atoms with Gasteiger partial charge in [0.05, 0.1) is 6.20 Å². The lowest BCUT2D eigenvalue weighted by Crippen LogP contribution is -2.62. The molecule has 0 radical (unpaired) electrons. The Morgan fingerprint density at radius 2 is 2.08 bits per heavy atom. The van der Waals surface area contributed by atoms with Gasteiger partial charge in [-0.1, -0.05) is 0 Å². The molecule has 0 aromatic carbocycles. The van der Waals surface area contributed by atoms with E-state index in [1.165, 1.54) is 0 Å². The summed E-state index contributed by atoms with van der Waals surface area (Å²) < 4.78 is 1.63. The van der Waals surface area contributed by atoms with Gasteiger partial charge in [-0.25, -0.2) is 9.50 Å². The van der Waals surface area contributed by atoms with Crippen molar-refractivity contribution in [2.24, 2.45) is 0 Å². The third-order valence-electron chi connectivity index (χ3n) is 5.22. The Kier molecular flexibility index (Phi) is 4.41. The van der Waals surface area contributed by atoms with Crippen molar-refractivity contribution in [1.29, 1.82) is 0 Å². The number of amides is 1. The zero-order valence-corrected chi connectivity index (χ0v) is 14.5. The minimum atomic E-state index is 0.00489. The minimum Gasteiger partial charge on any atom is -0.396 e. The molecule has 0 bridgehead atoms. The topological polar surface area (TPSA) is 77.2 Å². The van der Waals surface area contributed by atoms with Crippen LogP contribution in [0.4, 0.5) is 0 Å². The maximum absolute atomic E-state index is 13.0. The van der Waals surface area contributed by atoms with Crippen LogP contribution in [0.1, 0.15) is 15.9 Å². The van der Waals surface area contributed by atoms with Crippen LogP contribution in [0.25, 0.3) is 5.65 Å². The van der Waals surface area contributed by atoms with E-state index in [1.807, 2.05) is 11.1 Å². The number of carbonyl (C=O) groups is 1. The first-order chi connectivity index (χ1) is 12.2. The Morgan fingerprint density at radius 1 is 1.24 bits per heavy atom. The van der Waals surface area contributed by atoms with Crippen molar-refractivity contribution in [3.63, 3.8) is 0 Å². The SMILES string of the molecule is CN1CCN2CCN(C(=O)c3cnn4cc(CCO)cnc34)C[C@@H]2C1. The molecule has 2 saturated heterocycles. The lowest BCUT2D eigenvalue weighted by molar-refractivity contribution is 0.0191. The van der Waals surface area contributed by atoms with E-state index < -0.39 is 0 Å². The van der Waals surface area contributed by atoms with Gasteiger partial charge in [0.25, 0.3) is 5.91 Å². The number of piperazine rings is 2. The normalized spacial score (nSPS) is 22.3. The number of aromatic nitrogens is 3. The molecule has 2 aromatic heterocycles. The molecule has 0 unspecified atom stereocenters. The molecule has 1 N–H and O–H groups in total. The molecule has 2 aliphatic heterocycles. The van der Waals surface area contributed by atoms with Crippen molar-refractivity contribution in [2.45, 2.75) is 12.5 Å². The first-order valence-electron chi connectivity index (χ1n) is 8.80. The lowest BCUT2D eigenvalue weighted by atomic mass is 10.1. The Balaban J connectivity index is 1.53. The van der Waals surface area contributed by atoms with Crippen LogP contribution in [0.5, 0.6) is 0 Å². The quantitative estimate of drug-likeness (QED) is 0.796. The molecule has 0 saturated carbocycles. The molecule has 8 heteroatoms. The second-order valence-corrected chi connectivity index (χ2v) is 6.97. The molecule has 0 aliphatic carbocycles. The van der Waals surface area contributed by atoms with Crippen LogP contribution in [0, 0.1) is 0 Å². The fourth-order valence-corrected chi connectivity index (χ4v) is 3.79. The second kappa shape index (κ2) is 6.70. The summed E-state index contributed by atoms with van der Waals surface area (Å²) in [6, 6.07) is 0.405. The summed E-state index contributed by atoms with van der Waals surface area (Å²) >= 11 is 0. The zero-order chi connectivity index (χ0) is 17.4. The summed E-state index contributed by atoms with van der Waals surface area (Å²) in [4.78, 5) is 24.1. The molecule has 134 valence electrons. The van der Waals surface area contributed by atoms with Crippen LogP contribution >= 0.6 is 0 Å². The van der Waals surface area contributed by atoms with Crippen molar-refractivity contribution in [3.8, 4) is 0 Å². The average Bonchev–Trinajstić information content (AvgIpc) is 3.04. The average molecular weight is 344 g/mol. The summed E-state index contributed by atoms with van der Waals surface area (Å²) in [6.45, 7) is 5.68. The third-order valence-corrected chi connectivity index (χ3v) is 5.22. The van der Waals surface area contributed by atoms with E-state index in [2.05, 4.69) is 26.9 Å². The van der Waals surface area contributed by atoms with Gasteiger partial charge in [-0.05, 0) is 19.0 Å². The molecular formula is C17H24N6O2. The molecule has 4 rings (SSSR count). The van der Waals surface area contributed by atoms with Crippen LogP contribution in [-0.4, -0.2) is 99.3 Å². The summed E-state index contributed by atoms with van der Waals surface area (Å²) in [5, 5.41) is 13.3. The molecular weight excluding hydrogens is 320 g/mol. The Bertz CT molecular complexity index is 776. The highest BCUT2D eigenvalue weighted by Gasteiger charge is 2.33. The van der Waals surface area contributed by atoms with E-state index in [9.17, 15) is 4.79 Å². The fraction of sp³-hybridized carbons (Fsp3) is 0.588. The lowest BCUT2D eigenvalue weighted by Gasteiger charge is -2.46. The first-order valence-corrected chi connectivity index (χ1v) is 8.80. The largest absolute Gasteiger partial charge is 0.396 e. The number of fused-ring (bicyclic) bond motifs is 2. The van der Waals surface area contributed by atoms with Gasteiger partial charge >= 0.3 is 0 Å². The number of hydrogen-bond donors (Lipinski definition) is 1. The van der Waals surface area contributed by atoms with Gasteiger partial charge in [-0.2, -0.15) is 5.10 Å². The molecule has 4 heterocycles. The van der Waals surface area contributed by atoms with Crippen molar-refractivity contribution in [2.75, 3.05) is 52.9 Å². The molecule has 2 aliphatic rings. The zero-order valence-electron chi connectivity index (χ0n) is 14.5. The maximum atomic E-state index is 13.0. The summed E-state index contributed by atoms with van der Waals surface area (Å²) in [7, 11) is 2.14. The number of aliphatic hydroxyl groups is 1. The highest BCUT2D eigenvalue weighted by molar-refractivity contribution is 5.99. The van der Waals surface area contributed by atoms with E-state index in [0.29, 0.717) is 23.7 Å². The second-order valence-electron chi connectivity index (χ2n) is 6.97. The van der Waals surface area contributed by atoms with Gasteiger partial charge in [-0.15, -0.1) is 0 Å². The number of likely N-dealkylation sites (N-methyl/N-ethyl adjacent to an activating group) is 1. The van der Waals surface area contributed by atoms with Gasteiger partial charge < -0.3 is 14.9 Å². The van der Waals surface area contributed by atoms with Gasteiger partial charge in [0.2, 0.25) is 0 Å². The van der Waals surface area contributed by atoms with Crippen LogP contribution < -0.4 is 0 Å². The number of carbonyl (C=O) groups excluding carboxylic acids is 1. The molecule has 1 amide bonds. The summed E-state index contributed by atoms with van der Waals surface area (Å²) in [5.41, 5.74) is 2.03. The molecule has 8 nitrogen and oxygen atoms in total. The minimum absolute atomic E-state index is 0.00489. The predicted molar refractivity (Wildman–Crippen MR) is 92.5 cm³/mol. The van der Waals surface area contributed by atoms with E-state index in [-0.39, 0.29) is 12.5 Å². The Morgan fingerprint density at radius 3 is 2.92 bits per heavy atom. The van der Waals surface area contributed by atoms with Crippen LogP contribution in [-0.2, 0) is 6.42 Å². The molecule has 25 heavy (non-hydrogen) atoms. The van der Waals surface area contributed by atoms with Crippen molar-refractivity contribution in [3.05, 3.63) is 29.7 Å². The van der Waals surface area contributed by atoms with Crippen molar-refractivity contribution >= 4 is 11.6 Å². The van der Waals surface area contributed by atoms with E-state index >= 15 is 0 Å². The molecule has 1 atom stereocenters. The summed E-state index contributed by atoms with van der Waals surface area (Å²) in [6.07, 6.45) is 5.66.